The highest BCUT2D eigenvalue weighted by Crippen LogP contribution is 2.27. The van der Waals surface area contributed by atoms with Crippen LogP contribution in [-0.2, 0) is 0 Å². The molecule has 6 nitrogen and oxygen atoms in total. The Labute approximate surface area is 224 Å². The average Bonchev–Trinajstić information content (AvgIpc) is 2.95. The summed E-state index contributed by atoms with van der Waals surface area (Å²) < 4.78 is 14.0. The van der Waals surface area contributed by atoms with Gasteiger partial charge in [0.05, 0.1) is 11.1 Å². The van der Waals surface area contributed by atoms with E-state index in [4.69, 9.17) is 0 Å². The summed E-state index contributed by atoms with van der Waals surface area (Å²) >= 11 is 0. The average molecular weight is 515 g/mol. The Hall–Kier alpha value is -3.87. The summed E-state index contributed by atoms with van der Waals surface area (Å²) in [6, 6.07) is 20.4. The lowest BCUT2D eigenvalue weighted by atomic mass is 10.0. The van der Waals surface area contributed by atoms with Crippen molar-refractivity contribution in [1.29, 1.82) is 0 Å². The van der Waals surface area contributed by atoms with Crippen LogP contribution in [0.5, 0.6) is 0 Å². The number of nitrogens with zero attached hydrogens (tertiary/aromatic N) is 3. The van der Waals surface area contributed by atoms with Crippen LogP contribution in [0.2, 0.25) is 0 Å². The molecule has 0 radical (unpaired) electrons. The van der Waals surface area contributed by atoms with Crippen molar-refractivity contribution in [3.63, 3.8) is 0 Å². The Morgan fingerprint density at radius 3 is 2.11 bits per heavy atom. The van der Waals surface area contributed by atoms with Crippen molar-refractivity contribution in [2.75, 3.05) is 49.1 Å². The number of amides is 2. The first-order valence-electron chi connectivity index (χ1n) is 13.4. The number of hydrogen-bond acceptors (Lipinski definition) is 4. The molecule has 2 fully saturated rings. The van der Waals surface area contributed by atoms with Crippen LogP contribution in [0.4, 0.5) is 15.8 Å². The Morgan fingerprint density at radius 2 is 1.42 bits per heavy atom. The first-order valence-corrected chi connectivity index (χ1v) is 13.4. The summed E-state index contributed by atoms with van der Waals surface area (Å²) in [6.07, 6.45) is 1.47. The number of benzene rings is 3. The molecule has 2 saturated heterocycles. The van der Waals surface area contributed by atoms with Crippen LogP contribution >= 0.6 is 0 Å². The summed E-state index contributed by atoms with van der Waals surface area (Å²) in [5.74, 6) is -0.822. The van der Waals surface area contributed by atoms with Crippen LogP contribution in [0.3, 0.4) is 0 Å². The van der Waals surface area contributed by atoms with E-state index >= 15 is 0 Å². The number of nitrogens with one attached hydrogen (secondary N) is 1. The van der Waals surface area contributed by atoms with Gasteiger partial charge in [0.2, 0.25) is 0 Å². The van der Waals surface area contributed by atoms with E-state index in [0.29, 0.717) is 26.2 Å². The number of rotatable bonds is 5. The van der Waals surface area contributed by atoms with Gasteiger partial charge in [-0.05, 0) is 74.2 Å². The standard InChI is InChI=1S/C31H35FN4O2/c1-22-11-12-25(21-23(22)2)34-17-19-36(20-18-34)31(38)27-8-4-6-10-29(27)35-15-13-24(14-16-35)33-30(37)26-7-3-5-9-28(26)32/h3-12,21,24H,13-20H2,1-2H3,(H,33,37). The van der Waals surface area contributed by atoms with Crippen LogP contribution in [0.15, 0.2) is 66.7 Å². The molecule has 2 heterocycles. The van der Waals surface area contributed by atoms with Crippen molar-refractivity contribution in [2.24, 2.45) is 0 Å². The summed E-state index contributed by atoms with van der Waals surface area (Å²) in [6.45, 7) is 8.68. The number of carbonyl (C=O) groups is 2. The van der Waals surface area contributed by atoms with Gasteiger partial charge in [0.25, 0.3) is 11.8 Å². The summed E-state index contributed by atoms with van der Waals surface area (Å²) in [4.78, 5) is 32.7. The Morgan fingerprint density at radius 1 is 0.763 bits per heavy atom. The largest absolute Gasteiger partial charge is 0.371 e. The van der Waals surface area contributed by atoms with Gasteiger partial charge in [-0.15, -0.1) is 0 Å². The number of carbonyl (C=O) groups excluding carboxylic acids is 2. The van der Waals surface area contributed by atoms with E-state index in [-0.39, 0.29) is 23.4 Å². The molecule has 38 heavy (non-hydrogen) atoms. The molecule has 0 aromatic heterocycles. The fourth-order valence-electron chi connectivity index (χ4n) is 5.36. The number of piperazine rings is 1. The maximum Gasteiger partial charge on any atom is 0.256 e. The van der Waals surface area contributed by atoms with Gasteiger partial charge in [-0.2, -0.15) is 0 Å². The highest BCUT2D eigenvalue weighted by atomic mass is 19.1. The lowest BCUT2D eigenvalue weighted by Gasteiger charge is -2.38. The molecule has 0 bridgehead atoms. The van der Waals surface area contributed by atoms with Gasteiger partial charge >= 0.3 is 0 Å². The number of anilines is 2. The van der Waals surface area contributed by atoms with Crippen LogP contribution in [0.25, 0.3) is 0 Å². The van der Waals surface area contributed by atoms with Gasteiger partial charge in [0.15, 0.2) is 0 Å². The summed E-state index contributed by atoms with van der Waals surface area (Å²) in [7, 11) is 0. The number of piperidine rings is 1. The molecule has 0 unspecified atom stereocenters. The van der Waals surface area contributed by atoms with Gasteiger partial charge in [-0.3, -0.25) is 9.59 Å². The lowest BCUT2D eigenvalue weighted by Crippen LogP contribution is -2.49. The van der Waals surface area contributed by atoms with E-state index in [1.54, 1.807) is 12.1 Å². The fourth-order valence-corrected chi connectivity index (χ4v) is 5.36. The summed E-state index contributed by atoms with van der Waals surface area (Å²) in [5, 5.41) is 2.98. The van der Waals surface area contributed by atoms with E-state index in [1.165, 1.54) is 28.9 Å². The topological polar surface area (TPSA) is 55.9 Å². The quantitative estimate of drug-likeness (QED) is 0.531. The van der Waals surface area contributed by atoms with E-state index in [2.05, 4.69) is 47.2 Å². The predicted octanol–water partition coefficient (Wildman–Crippen LogP) is 4.80. The molecule has 2 aliphatic heterocycles. The molecule has 5 rings (SSSR count). The number of halogens is 1. The minimum absolute atomic E-state index is 0.0280. The first-order chi connectivity index (χ1) is 18.4. The maximum absolute atomic E-state index is 14.0. The van der Waals surface area contributed by atoms with Crippen LogP contribution in [0.1, 0.15) is 44.7 Å². The molecule has 0 atom stereocenters. The second-order valence-corrected chi connectivity index (χ2v) is 10.3. The summed E-state index contributed by atoms with van der Waals surface area (Å²) in [5.41, 5.74) is 5.52. The van der Waals surface area contributed by atoms with Crippen LogP contribution in [0, 0.1) is 19.7 Å². The molecule has 0 aliphatic carbocycles. The second-order valence-electron chi connectivity index (χ2n) is 10.3. The van der Waals surface area contributed by atoms with E-state index in [0.717, 1.165) is 37.2 Å². The van der Waals surface area contributed by atoms with E-state index in [1.807, 2.05) is 29.2 Å². The Kier molecular flexibility index (Phi) is 7.63. The molecule has 0 saturated carbocycles. The smallest absolute Gasteiger partial charge is 0.256 e. The Balaban J connectivity index is 1.19. The zero-order valence-electron chi connectivity index (χ0n) is 22.1. The molecule has 2 amide bonds. The monoisotopic (exact) mass is 514 g/mol. The van der Waals surface area contributed by atoms with Crippen molar-refractivity contribution >= 4 is 23.2 Å². The minimum Gasteiger partial charge on any atom is -0.371 e. The van der Waals surface area contributed by atoms with Crippen molar-refractivity contribution < 1.29 is 14.0 Å². The fraction of sp³-hybridized carbons (Fsp3) is 0.355. The van der Waals surface area contributed by atoms with E-state index < -0.39 is 5.82 Å². The predicted molar refractivity (Wildman–Crippen MR) is 150 cm³/mol. The number of para-hydroxylation sites is 1. The molecular formula is C31H35FN4O2. The van der Waals surface area contributed by atoms with Crippen LogP contribution in [-0.4, -0.2) is 62.0 Å². The second kappa shape index (κ2) is 11.3. The van der Waals surface area contributed by atoms with Crippen molar-refractivity contribution in [1.82, 2.24) is 10.2 Å². The lowest BCUT2D eigenvalue weighted by molar-refractivity contribution is 0.0747. The van der Waals surface area contributed by atoms with Gasteiger partial charge in [0, 0.05) is 56.7 Å². The van der Waals surface area contributed by atoms with Crippen LogP contribution < -0.4 is 15.1 Å². The van der Waals surface area contributed by atoms with E-state index in [9.17, 15) is 14.0 Å². The van der Waals surface area contributed by atoms with Gasteiger partial charge < -0.3 is 20.0 Å². The third-order valence-corrected chi connectivity index (χ3v) is 7.85. The molecular weight excluding hydrogens is 479 g/mol. The normalized spacial score (nSPS) is 16.4. The zero-order valence-corrected chi connectivity index (χ0v) is 22.1. The molecule has 1 N–H and O–H groups in total. The molecule has 3 aromatic carbocycles. The molecule has 7 heteroatoms. The minimum atomic E-state index is -0.510. The third kappa shape index (κ3) is 5.52. The highest BCUT2D eigenvalue weighted by molar-refractivity contribution is 6.00. The van der Waals surface area contributed by atoms with Crippen molar-refractivity contribution in [2.45, 2.75) is 32.7 Å². The zero-order chi connectivity index (χ0) is 26.6. The van der Waals surface area contributed by atoms with Crippen molar-refractivity contribution in [3.8, 4) is 0 Å². The number of hydrogen-bond donors (Lipinski definition) is 1. The Bertz CT molecular complexity index is 1310. The molecule has 198 valence electrons. The molecule has 2 aliphatic rings. The first kappa shape index (κ1) is 25.8. The van der Waals surface area contributed by atoms with Gasteiger partial charge in [-0.25, -0.2) is 4.39 Å². The SMILES string of the molecule is Cc1ccc(N2CCN(C(=O)c3ccccc3N3CCC(NC(=O)c4ccccc4F)CC3)CC2)cc1C. The third-order valence-electron chi connectivity index (χ3n) is 7.85. The highest BCUT2D eigenvalue weighted by Gasteiger charge is 2.28. The number of aryl methyl sites for hydroxylation is 2. The van der Waals surface area contributed by atoms with Gasteiger partial charge in [0.1, 0.15) is 5.82 Å². The molecule has 3 aromatic rings. The molecule has 0 spiro atoms. The maximum atomic E-state index is 14.0. The van der Waals surface area contributed by atoms with Gasteiger partial charge in [-0.1, -0.05) is 30.3 Å². The van der Waals surface area contributed by atoms with Crippen molar-refractivity contribution in [3.05, 3.63) is 94.8 Å².